The minimum absolute atomic E-state index is 0. The molecule has 4 heteroatoms. The molecular weight excluding hydrogens is 236 g/mol. The molecule has 0 saturated heterocycles. The Bertz CT molecular complexity index is 385. The van der Waals surface area contributed by atoms with Gasteiger partial charge in [0.25, 0.3) is 0 Å². The summed E-state index contributed by atoms with van der Waals surface area (Å²) in [5, 5.41) is 2.87. The van der Waals surface area contributed by atoms with E-state index in [-0.39, 0.29) is 18.3 Å². The van der Waals surface area contributed by atoms with E-state index >= 15 is 0 Å². The van der Waals surface area contributed by atoms with Gasteiger partial charge < -0.3 is 11.1 Å². The Morgan fingerprint density at radius 1 is 1.35 bits per heavy atom. The van der Waals surface area contributed by atoms with Crippen LogP contribution in [-0.2, 0) is 11.2 Å². The Labute approximate surface area is 108 Å². The first kappa shape index (κ1) is 14.0. The lowest BCUT2D eigenvalue weighted by Crippen LogP contribution is -2.56. The topological polar surface area (TPSA) is 55.1 Å². The lowest BCUT2D eigenvalue weighted by Gasteiger charge is -2.36. The molecule has 1 aromatic carbocycles. The van der Waals surface area contributed by atoms with E-state index in [9.17, 15) is 4.79 Å². The van der Waals surface area contributed by atoms with Crippen LogP contribution in [0.25, 0.3) is 0 Å². The molecule has 0 radical (unpaired) electrons. The summed E-state index contributed by atoms with van der Waals surface area (Å²) in [5.41, 5.74) is 7.42. The molecule has 0 heterocycles. The molecule has 1 amide bonds. The zero-order chi connectivity index (χ0) is 11.6. The highest BCUT2D eigenvalue weighted by Gasteiger charge is 2.39. The SMILES string of the molecule is CCc1ccc(NC(=O)C2(N)CCC2)cc1.Cl. The first-order valence-electron chi connectivity index (χ1n) is 5.83. The van der Waals surface area contributed by atoms with Crippen LogP contribution in [0, 0.1) is 0 Å². The molecule has 1 aliphatic carbocycles. The Morgan fingerprint density at radius 2 is 1.94 bits per heavy atom. The van der Waals surface area contributed by atoms with E-state index in [1.54, 1.807) is 0 Å². The molecule has 0 aliphatic heterocycles. The molecule has 2 rings (SSSR count). The highest BCUT2D eigenvalue weighted by molar-refractivity contribution is 5.98. The summed E-state index contributed by atoms with van der Waals surface area (Å²) in [7, 11) is 0. The monoisotopic (exact) mass is 254 g/mol. The first-order chi connectivity index (χ1) is 7.64. The lowest BCUT2D eigenvalue weighted by molar-refractivity contribution is -0.123. The lowest BCUT2D eigenvalue weighted by atomic mass is 9.77. The Hall–Kier alpha value is -1.06. The van der Waals surface area contributed by atoms with Crippen LogP contribution >= 0.6 is 12.4 Å². The van der Waals surface area contributed by atoms with Crippen molar-refractivity contribution in [2.24, 2.45) is 5.73 Å². The first-order valence-corrected chi connectivity index (χ1v) is 5.83. The van der Waals surface area contributed by atoms with Gasteiger partial charge in [-0.2, -0.15) is 0 Å². The van der Waals surface area contributed by atoms with Crippen molar-refractivity contribution in [2.45, 2.75) is 38.1 Å². The molecule has 1 saturated carbocycles. The van der Waals surface area contributed by atoms with E-state index in [0.29, 0.717) is 0 Å². The van der Waals surface area contributed by atoms with Gasteiger partial charge in [0.2, 0.25) is 5.91 Å². The molecule has 0 aromatic heterocycles. The molecule has 0 spiro atoms. The number of aryl methyl sites for hydroxylation is 1. The van der Waals surface area contributed by atoms with E-state index in [1.807, 2.05) is 24.3 Å². The van der Waals surface area contributed by atoms with Crippen LogP contribution in [-0.4, -0.2) is 11.4 Å². The molecule has 1 aromatic rings. The maximum Gasteiger partial charge on any atom is 0.244 e. The number of rotatable bonds is 3. The van der Waals surface area contributed by atoms with Crippen molar-refractivity contribution in [3.8, 4) is 0 Å². The zero-order valence-corrected chi connectivity index (χ0v) is 10.8. The summed E-state index contributed by atoms with van der Waals surface area (Å²) in [6, 6.07) is 7.91. The number of hydrogen-bond acceptors (Lipinski definition) is 2. The van der Waals surface area contributed by atoms with Gasteiger partial charge in [-0.1, -0.05) is 19.1 Å². The van der Waals surface area contributed by atoms with Crippen molar-refractivity contribution in [3.63, 3.8) is 0 Å². The summed E-state index contributed by atoms with van der Waals surface area (Å²) in [5.74, 6) is -0.0528. The van der Waals surface area contributed by atoms with Crippen LogP contribution in [0.3, 0.4) is 0 Å². The quantitative estimate of drug-likeness (QED) is 0.871. The van der Waals surface area contributed by atoms with Crippen LogP contribution in [0.5, 0.6) is 0 Å². The smallest absolute Gasteiger partial charge is 0.244 e. The molecule has 0 unspecified atom stereocenters. The Morgan fingerprint density at radius 3 is 2.35 bits per heavy atom. The minimum atomic E-state index is -0.622. The molecule has 1 fully saturated rings. The Balaban J connectivity index is 0.00000144. The van der Waals surface area contributed by atoms with Crippen molar-refractivity contribution in [3.05, 3.63) is 29.8 Å². The van der Waals surface area contributed by atoms with Gasteiger partial charge in [-0.05, 0) is 43.4 Å². The van der Waals surface area contributed by atoms with Gasteiger partial charge in [-0.3, -0.25) is 4.79 Å². The summed E-state index contributed by atoms with van der Waals surface area (Å²) >= 11 is 0. The number of carbonyl (C=O) groups excluding carboxylic acids is 1. The maximum absolute atomic E-state index is 11.8. The second kappa shape index (κ2) is 5.52. The molecule has 3 N–H and O–H groups in total. The highest BCUT2D eigenvalue weighted by atomic mass is 35.5. The summed E-state index contributed by atoms with van der Waals surface area (Å²) in [6.45, 7) is 2.11. The van der Waals surface area contributed by atoms with Gasteiger partial charge in [-0.25, -0.2) is 0 Å². The number of halogens is 1. The molecule has 17 heavy (non-hydrogen) atoms. The van der Waals surface area contributed by atoms with Crippen LogP contribution in [0.2, 0.25) is 0 Å². The van der Waals surface area contributed by atoms with Crippen molar-refractivity contribution < 1.29 is 4.79 Å². The molecule has 3 nitrogen and oxygen atoms in total. The zero-order valence-electron chi connectivity index (χ0n) is 10.0. The predicted octanol–water partition coefficient (Wildman–Crippen LogP) is 2.49. The minimum Gasteiger partial charge on any atom is -0.324 e. The average Bonchev–Trinajstić information content (AvgIpc) is 2.27. The van der Waals surface area contributed by atoms with Gasteiger partial charge >= 0.3 is 0 Å². The van der Waals surface area contributed by atoms with Crippen molar-refractivity contribution >= 4 is 24.0 Å². The number of anilines is 1. The van der Waals surface area contributed by atoms with Crippen LogP contribution in [0.1, 0.15) is 31.7 Å². The van der Waals surface area contributed by atoms with E-state index in [2.05, 4.69) is 12.2 Å². The second-order valence-corrected chi connectivity index (χ2v) is 4.51. The van der Waals surface area contributed by atoms with Crippen molar-refractivity contribution in [1.82, 2.24) is 0 Å². The van der Waals surface area contributed by atoms with Gasteiger partial charge in [0.15, 0.2) is 0 Å². The summed E-state index contributed by atoms with van der Waals surface area (Å²) in [6.07, 6.45) is 3.66. The molecule has 94 valence electrons. The Kier molecular flexibility index (Phi) is 4.54. The van der Waals surface area contributed by atoms with E-state index in [4.69, 9.17) is 5.73 Å². The third-order valence-corrected chi connectivity index (χ3v) is 3.32. The molecule has 0 bridgehead atoms. The molecule has 1 aliphatic rings. The number of nitrogens with one attached hydrogen (secondary N) is 1. The van der Waals surface area contributed by atoms with Crippen LogP contribution in [0.15, 0.2) is 24.3 Å². The van der Waals surface area contributed by atoms with Crippen molar-refractivity contribution in [2.75, 3.05) is 5.32 Å². The number of nitrogens with two attached hydrogens (primary N) is 1. The van der Waals surface area contributed by atoms with E-state index < -0.39 is 5.54 Å². The van der Waals surface area contributed by atoms with Crippen molar-refractivity contribution in [1.29, 1.82) is 0 Å². The fourth-order valence-corrected chi connectivity index (χ4v) is 1.86. The summed E-state index contributed by atoms with van der Waals surface area (Å²) < 4.78 is 0. The standard InChI is InChI=1S/C13H18N2O.ClH/c1-2-10-4-6-11(7-5-10)15-12(16)13(14)8-3-9-13;/h4-7H,2-3,8-9,14H2,1H3,(H,15,16);1H. The van der Waals surface area contributed by atoms with Crippen LogP contribution in [0.4, 0.5) is 5.69 Å². The normalized spacial score (nSPS) is 16.6. The predicted molar refractivity (Wildman–Crippen MR) is 72.5 cm³/mol. The molecular formula is C13H19ClN2O. The van der Waals surface area contributed by atoms with Gasteiger partial charge in [0.1, 0.15) is 0 Å². The van der Waals surface area contributed by atoms with E-state index in [1.165, 1.54) is 5.56 Å². The number of amides is 1. The largest absolute Gasteiger partial charge is 0.324 e. The third-order valence-electron chi connectivity index (χ3n) is 3.32. The van der Waals surface area contributed by atoms with Gasteiger partial charge in [0.05, 0.1) is 5.54 Å². The fraction of sp³-hybridized carbons (Fsp3) is 0.462. The van der Waals surface area contributed by atoms with E-state index in [0.717, 1.165) is 31.4 Å². The summed E-state index contributed by atoms with van der Waals surface area (Å²) in [4.78, 5) is 11.8. The maximum atomic E-state index is 11.8. The van der Waals surface area contributed by atoms with Gasteiger partial charge in [-0.15, -0.1) is 12.4 Å². The number of benzene rings is 1. The second-order valence-electron chi connectivity index (χ2n) is 4.51. The highest BCUT2D eigenvalue weighted by Crippen LogP contribution is 2.30. The third kappa shape index (κ3) is 2.99. The molecule has 0 atom stereocenters. The van der Waals surface area contributed by atoms with Gasteiger partial charge in [0, 0.05) is 5.69 Å². The number of hydrogen-bond donors (Lipinski definition) is 2. The average molecular weight is 255 g/mol. The van der Waals surface area contributed by atoms with Crippen LogP contribution < -0.4 is 11.1 Å². The number of carbonyl (C=O) groups is 1. The fourth-order valence-electron chi connectivity index (χ4n) is 1.86.